The van der Waals surface area contributed by atoms with Gasteiger partial charge in [0, 0.05) is 61.2 Å². The van der Waals surface area contributed by atoms with E-state index in [1.165, 1.54) is 16.2 Å². The number of methoxy groups -OCH3 is 1. The summed E-state index contributed by atoms with van der Waals surface area (Å²) in [5, 5.41) is 70.7. The number of hydrogen-bond donors (Lipinski definition) is 5. The summed E-state index contributed by atoms with van der Waals surface area (Å²) < 4.78 is 5.32. The van der Waals surface area contributed by atoms with Gasteiger partial charge in [0.05, 0.1) is 7.11 Å². The molecule has 0 aliphatic heterocycles. The largest absolute Gasteiger partial charge is 0.497 e. The Morgan fingerprint density at radius 1 is 0.156 bits per heavy atom. The molecule has 0 fully saturated rings. The molecule has 5 aliphatic rings. The van der Waals surface area contributed by atoms with Gasteiger partial charge in [-0.15, -0.1) is 0 Å². The first kappa shape index (κ1) is 74.8. The van der Waals surface area contributed by atoms with Crippen LogP contribution < -0.4 is 4.74 Å². The molecule has 0 spiro atoms. The van der Waals surface area contributed by atoms with Gasteiger partial charge >= 0.3 is 0 Å². The highest BCUT2D eigenvalue weighted by Gasteiger charge is 2.48. The normalized spacial score (nSPS) is 15.1. The van der Waals surface area contributed by atoms with Gasteiger partial charge in [0.1, 0.15) is 33.8 Å². The summed E-state index contributed by atoms with van der Waals surface area (Å²) in [6, 6.07) is 151. The first-order chi connectivity index (χ1) is 59.9. The van der Waals surface area contributed by atoms with Crippen LogP contribution in [-0.4, -0.2) is 32.6 Å². The Morgan fingerprint density at radius 3 is 0.787 bits per heavy atom. The Labute approximate surface area is 708 Å². The summed E-state index contributed by atoms with van der Waals surface area (Å²) in [5.74, 6) is 0.834. The molecule has 582 valence electrons. The molecule has 5 N–H and O–H groups in total. The van der Waals surface area contributed by atoms with Crippen molar-refractivity contribution in [2.75, 3.05) is 7.11 Å². The first-order valence-electron chi connectivity index (χ1n) is 41.5. The highest BCUT2D eigenvalue weighted by molar-refractivity contribution is 5.97. The number of fused-ring (bicyclic) bond motifs is 20. The summed E-state index contributed by atoms with van der Waals surface area (Å²) >= 11 is 0. The second-order valence-electron chi connectivity index (χ2n) is 32.2. The third-order valence-corrected chi connectivity index (χ3v) is 25.7. The summed E-state index contributed by atoms with van der Waals surface area (Å²) in [5.41, 5.74) is 19.7. The quantitative estimate of drug-likeness (QED) is 0.113. The molecular weight excluding hydrogens is 1490 g/mol. The average Bonchev–Trinajstić information content (AvgIpc) is 1.57. The molecule has 0 radical (unpaired) electrons. The second-order valence-corrected chi connectivity index (χ2v) is 32.2. The lowest BCUT2D eigenvalue weighted by Gasteiger charge is -2.28. The number of rotatable bonds is 6. The minimum Gasteiger partial charge on any atom is -0.497 e. The van der Waals surface area contributed by atoms with Crippen molar-refractivity contribution in [2.24, 2.45) is 0 Å². The molecule has 0 amide bonds. The molecular formula is C116H82O6. The smallest absolute Gasteiger partial charge is 0.142 e. The van der Waals surface area contributed by atoms with Gasteiger partial charge in [-0.25, -0.2) is 0 Å². The number of hydrogen-bond acceptors (Lipinski definition) is 6. The summed E-state index contributed by atoms with van der Waals surface area (Å²) in [4.78, 5) is 0. The van der Waals surface area contributed by atoms with Crippen LogP contribution >= 0.6 is 0 Å². The van der Waals surface area contributed by atoms with Crippen LogP contribution in [0.3, 0.4) is 0 Å². The monoisotopic (exact) mass is 1570 g/mol. The predicted molar refractivity (Wildman–Crippen MR) is 496 cm³/mol. The van der Waals surface area contributed by atoms with Crippen molar-refractivity contribution in [3.05, 3.63) is 532 Å². The fourth-order valence-corrected chi connectivity index (χ4v) is 19.9. The zero-order valence-corrected chi connectivity index (χ0v) is 66.9. The molecule has 5 aliphatic carbocycles. The van der Waals surface area contributed by atoms with E-state index in [4.69, 9.17) is 4.74 Å². The number of aliphatic hydroxyl groups is 5. The Balaban J connectivity index is 0.0000000943. The second kappa shape index (κ2) is 30.0. The van der Waals surface area contributed by atoms with E-state index in [1.807, 2.05) is 273 Å². The van der Waals surface area contributed by atoms with Crippen LogP contribution in [0, 0.1) is 0 Å². The van der Waals surface area contributed by atoms with Gasteiger partial charge in [0.15, 0.2) is 0 Å². The summed E-state index contributed by atoms with van der Waals surface area (Å²) in [7, 11) is 1.67. The third-order valence-electron chi connectivity index (χ3n) is 25.7. The van der Waals surface area contributed by atoms with Gasteiger partial charge in [-0.05, 0) is 174 Å². The molecule has 122 heavy (non-hydrogen) atoms. The van der Waals surface area contributed by atoms with Crippen LogP contribution in [0.25, 0.3) is 109 Å². The van der Waals surface area contributed by atoms with E-state index in [1.54, 1.807) is 7.11 Å². The topological polar surface area (TPSA) is 110 Å². The number of ether oxygens (including phenoxy) is 1. The van der Waals surface area contributed by atoms with Gasteiger partial charge in [-0.1, -0.05) is 406 Å². The van der Waals surface area contributed by atoms with E-state index in [0.29, 0.717) is 0 Å². The van der Waals surface area contributed by atoms with Crippen molar-refractivity contribution in [3.8, 4) is 61.4 Å². The zero-order valence-electron chi connectivity index (χ0n) is 66.9. The maximum absolute atomic E-state index is 12.2. The molecule has 0 aromatic heterocycles. The molecule has 1 unspecified atom stereocenters. The van der Waals surface area contributed by atoms with Crippen molar-refractivity contribution in [1.29, 1.82) is 0 Å². The Bertz CT molecular complexity index is 7310. The zero-order chi connectivity index (χ0) is 82.3. The Kier molecular flexibility index (Phi) is 18.4. The van der Waals surface area contributed by atoms with Crippen molar-refractivity contribution < 1.29 is 30.3 Å². The molecule has 0 saturated heterocycles. The van der Waals surface area contributed by atoms with Gasteiger partial charge in [-0.3, -0.25) is 0 Å². The molecule has 0 saturated carbocycles. The fraction of sp³-hybridized carbons (Fsp3) is 0.0517. The van der Waals surface area contributed by atoms with E-state index in [2.05, 4.69) is 176 Å². The lowest BCUT2D eigenvalue weighted by Crippen LogP contribution is -2.26. The standard InChI is InChI=1S/C27H18O.C24H18O2.2C23H16O.C19H14O/c28-27(22-14-13-18-7-1-2-8-19(18)15-22)25-12-6-5-11-23(25)24-16-20-9-3-4-10-21(20)17-26(24)27;1-26-19-13-11-16-14-18(12-10-17(16)15-19)24(25)22-8-4-2-6-20(22)21-7-3-5-9-23(21)24;24-23(20-15-7-9-16-8-1-2-10-17(16)20)21-13-5-3-11-18(21)19-12-4-6-14-22(19)23;24-23(18-14-13-16-7-1-2-8-17(16)15-18)21-11-5-3-9-19(21)20-10-4-6-12-22(20)23;20-19(14-8-2-1-3-9-14)17-12-6-4-10-15(17)16-11-5-7-13-18(16)19/h1-17,28H;2-15,25H,1H3;2*1-15,24H;1-13,20H. The van der Waals surface area contributed by atoms with Gasteiger partial charge in [-0.2, -0.15) is 0 Å². The molecule has 0 bridgehead atoms. The number of benzene rings is 20. The van der Waals surface area contributed by atoms with Crippen LogP contribution in [0.5, 0.6) is 5.75 Å². The van der Waals surface area contributed by atoms with E-state index in [0.717, 1.165) is 183 Å². The maximum atomic E-state index is 12.2. The molecule has 6 nitrogen and oxygen atoms in total. The van der Waals surface area contributed by atoms with Gasteiger partial charge in [0.2, 0.25) is 0 Å². The molecule has 20 aromatic rings. The van der Waals surface area contributed by atoms with Crippen molar-refractivity contribution in [1.82, 2.24) is 0 Å². The van der Waals surface area contributed by atoms with E-state index in [9.17, 15) is 25.5 Å². The Morgan fingerprint density at radius 2 is 0.402 bits per heavy atom. The highest BCUT2D eigenvalue weighted by Crippen LogP contribution is 2.57. The van der Waals surface area contributed by atoms with Crippen LogP contribution in [0.15, 0.2) is 449 Å². The van der Waals surface area contributed by atoms with Gasteiger partial charge < -0.3 is 30.3 Å². The van der Waals surface area contributed by atoms with Crippen molar-refractivity contribution in [2.45, 2.75) is 28.0 Å². The van der Waals surface area contributed by atoms with Crippen molar-refractivity contribution >= 4 is 53.9 Å². The lowest BCUT2D eigenvalue weighted by molar-refractivity contribution is 0.130. The minimum absolute atomic E-state index is 0.834. The summed E-state index contributed by atoms with van der Waals surface area (Å²) in [6.45, 7) is 0. The first-order valence-corrected chi connectivity index (χ1v) is 41.5. The predicted octanol–water partition coefficient (Wildman–Crippen LogP) is 25.5. The molecule has 0 heterocycles. The minimum atomic E-state index is -1.15. The van der Waals surface area contributed by atoms with Crippen LogP contribution in [-0.2, 0) is 28.0 Å². The SMILES string of the molecule is COc1ccc2cc(C3(O)c4ccccc4-c4ccccc43)ccc2c1.OC1(c2ccc3ccccc3c2)c2ccccc2-c2cc3ccccc3cc21.OC1(c2ccc3ccccc3c2)c2ccccc2-c2ccccc21.OC1(c2cccc3ccccc23)c2ccccc2-c2ccccc21.OC1(c2ccccc2)c2ccccc2-c2ccccc21. The van der Waals surface area contributed by atoms with E-state index < -0.39 is 28.0 Å². The van der Waals surface area contributed by atoms with E-state index >= 15 is 0 Å². The van der Waals surface area contributed by atoms with Crippen LogP contribution in [0.4, 0.5) is 0 Å². The lowest BCUT2D eigenvalue weighted by atomic mass is 9.82. The average molecular weight is 1570 g/mol. The third kappa shape index (κ3) is 11.9. The highest BCUT2D eigenvalue weighted by atomic mass is 16.5. The molecule has 25 rings (SSSR count). The van der Waals surface area contributed by atoms with Crippen molar-refractivity contribution in [3.63, 3.8) is 0 Å². The van der Waals surface area contributed by atoms with Gasteiger partial charge in [0.25, 0.3) is 0 Å². The molecule has 20 aromatic carbocycles. The maximum Gasteiger partial charge on any atom is 0.142 e. The van der Waals surface area contributed by atoms with Crippen LogP contribution in [0.2, 0.25) is 0 Å². The molecule has 1 atom stereocenters. The summed E-state index contributed by atoms with van der Waals surface area (Å²) in [6.07, 6.45) is 0. The van der Waals surface area contributed by atoms with Crippen LogP contribution in [0.1, 0.15) is 83.5 Å². The Hall–Kier alpha value is -14.7. The van der Waals surface area contributed by atoms with E-state index in [-0.39, 0.29) is 0 Å². The fourth-order valence-electron chi connectivity index (χ4n) is 19.9. The molecule has 6 heteroatoms.